The molecule has 0 bridgehead atoms. The summed E-state index contributed by atoms with van der Waals surface area (Å²) in [5.74, 6) is 0.693. The van der Waals surface area contributed by atoms with Crippen LogP contribution in [0.5, 0.6) is 0 Å². The highest BCUT2D eigenvalue weighted by atomic mass is 16.5. The first-order valence-electron chi connectivity index (χ1n) is 7.58. The molecule has 0 aliphatic carbocycles. The summed E-state index contributed by atoms with van der Waals surface area (Å²) in [7, 11) is 3.93. The molecule has 0 radical (unpaired) electrons. The predicted molar refractivity (Wildman–Crippen MR) is 85.8 cm³/mol. The number of benzene rings is 1. The van der Waals surface area contributed by atoms with Gasteiger partial charge in [0, 0.05) is 33.4 Å². The van der Waals surface area contributed by atoms with Crippen LogP contribution in [0.2, 0.25) is 0 Å². The lowest BCUT2D eigenvalue weighted by Gasteiger charge is -2.19. The van der Waals surface area contributed by atoms with Crippen LogP contribution in [0.3, 0.4) is 0 Å². The van der Waals surface area contributed by atoms with E-state index in [4.69, 9.17) is 4.74 Å². The molecule has 0 atom stereocenters. The molecule has 0 heterocycles. The Morgan fingerprint density at radius 1 is 1.20 bits per heavy atom. The summed E-state index contributed by atoms with van der Waals surface area (Å²) in [5.41, 5.74) is 2.83. The van der Waals surface area contributed by atoms with Crippen molar-refractivity contribution in [3.05, 3.63) is 35.4 Å². The number of hydrogen-bond acceptors (Lipinski definition) is 3. The molecule has 1 N–H and O–H groups in total. The fraction of sp³-hybridized carbons (Fsp3) is 0.647. The van der Waals surface area contributed by atoms with Crippen molar-refractivity contribution in [1.82, 2.24) is 10.2 Å². The molecule has 0 fully saturated rings. The average Bonchev–Trinajstić information content (AvgIpc) is 2.40. The number of methoxy groups -OCH3 is 1. The molecule has 0 amide bonds. The fourth-order valence-corrected chi connectivity index (χ4v) is 2.23. The third kappa shape index (κ3) is 7.04. The standard InChI is InChI=1S/C17H30N2O/c1-15(2)12-18-13-16-8-5-6-9-17(16)14-19(3)10-7-11-20-4/h5-6,8-9,15,18H,7,10-14H2,1-4H3. The second-order valence-corrected chi connectivity index (χ2v) is 5.88. The molecule has 3 heteroatoms. The van der Waals surface area contributed by atoms with Crippen LogP contribution < -0.4 is 5.32 Å². The van der Waals surface area contributed by atoms with E-state index in [-0.39, 0.29) is 0 Å². The summed E-state index contributed by atoms with van der Waals surface area (Å²) in [6.07, 6.45) is 1.08. The fourth-order valence-electron chi connectivity index (χ4n) is 2.23. The molecule has 114 valence electrons. The van der Waals surface area contributed by atoms with Crippen LogP contribution in [0.1, 0.15) is 31.4 Å². The van der Waals surface area contributed by atoms with E-state index >= 15 is 0 Å². The Kier molecular flexibility index (Phi) is 8.51. The van der Waals surface area contributed by atoms with Gasteiger partial charge in [0.1, 0.15) is 0 Å². The quantitative estimate of drug-likeness (QED) is 0.666. The second kappa shape index (κ2) is 9.92. The van der Waals surface area contributed by atoms with Gasteiger partial charge in [-0.3, -0.25) is 0 Å². The van der Waals surface area contributed by atoms with Gasteiger partial charge in [-0.25, -0.2) is 0 Å². The first-order valence-corrected chi connectivity index (χ1v) is 7.58. The maximum atomic E-state index is 5.10. The van der Waals surface area contributed by atoms with E-state index in [9.17, 15) is 0 Å². The Labute approximate surface area is 124 Å². The number of nitrogens with one attached hydrogen (secondary N) is 1. The summed E-state index contributed by atoms with van der Waals surface area (Å²) < 4.78 is 5.10. The molecule has 0 aromatic heterocycles. The summed E-state index contributed by atoms with van der Waals surface area (Å²) in [6.45, 7) is 9.41. The third-order valence-corrected chi connectivity index (χ3v) is 3.31. The number of hydrogen-bond donors (Lipinski definition) is 1. The summed E-state index contributed by atoms with van der Waals surface area (Å²) >= 11 is 0. The summed E-state index contributed by atoms with van der Waals surface area (Å²) in [6, 6.07) is 8.72. The van der Waals surface area contributed by atoms with Crippen molar-refractivity contribution in [3.8, 4) is 0 Å². The normalized spacial score (nSPS) is 11.5. The average molecular weight is 278 g/mol. The van der Waals surface area contributed by atoms with E-state index in [1.165, 1.54) is 11.1 Å². The van der Waals surface area contributed by atoms with Crippen LogP contribution in [0.25, 0.3) is 0 Å². The van der Waals surface area contributed by atoms with Crippen molar-refractivity contribution in [2.75, 3.05) is 33.9 Å². The van der Waals surface area contributed by atoms with Crippen LogP contribution >= 0.6 is 0 Å². The van der Waals surface area contributed by atoms with Gasteiger partial charge in [-0.05, 0) is 37.1 Å². The van der Waals surface area contributed by atoms with Gasteiger partial charge in [0.25, 0.3) is 0 Å². The minimum atomic E-state index is 0.693. The molecule has 3 nitrogen and oxygen atoms in total. The van der Waals surface area contributed by atoms with E-state index in [1.54, 1.807) is 7.11 Å². The van der Waals surface area contributed by atoms with Gasteiger partial charge in [-0.1, -0.05) is 38.1 Å². The lowest BCUT2D eigenvalue weighted by molar-refractivity contribution is 0.178. The second-order valence-electron chi connectivity index (χ2n) is 5.88. The number of nitrogens with zero attached hydrogens (tertiary/aromatic N) is 1. The van der Waals surface area contributed by atoms with Crippen LogP contribution in [-0.4, -0.2) is 38.8 Å². The Hall–Kier alpha value is -0.900. The van der Waals surface area contributed by atoms with Crippen LogP contribution in [-0.2, 0) is 17.8 Å². The van der Waals surface area contributed by atoms with Crippen molar-refractivity contribution >= 4 is 0 Å². The summed E-state index contributed by atoms with van der Waals surface area (Å²) in [5, 5.41) is 3.53. The molecule has 20 heavy (non-hydrogen) atoms. The highest BCUT2D eigenvalue weighted by molar-refractivity contribution is 5.26. The largest absolute Gasteiger partial charge is 0.385 e. The van der Waals surface area contributed by atoms with Gasteiger partial charge >= 0.3 is 0 Å². The van der Waals surface area contributed by atoms with E-state index < -0.39 is 0 Å². The van der Waals surface area contributed by atoms with E-state index in [0.717, 1.165) is 39.2 Å². The number of rotatable bonds is 10. The van der Waals surface area contributed by atoms with Crippen molar-refractivity contribution in [2.45, 2.75) is 33.4 Å². The molecule has 0 saturated heterocycles. The van der Waals surface area contributed by atoms with E-state index in [1.807, 2.05) is 0 Å². The smallest absolute Gasteiger partial charge is 0.0474 e. The zero-order valence-corrected chi connectivity index (χ0v) is 13.5. The monoisotopic (exact) mass is 278 g/mol. The zero-order valence-electron chi connectivity index (χ0n) is 13.5. The molecular formula is C17H30N2O. The van der Waals surface area contributed by atoms with Gasteiger partial charge in [0.05, 0.1) is 0 Å². The van der Waals surface area contributed by atoms with Gasteiger partial charge in [-0.15, -0.1) is 0 Å². The molecule has 0 aliphatic rings. The van der Waals surface area contributed by atoms with Crippen LogP contribution in [0, 0.1) is 5.92 Å². The first-order chi connectivity index (χ1) is 9.63. The van der Waals surface area contributed by atoms with Crippen molar-refractivity contribution in [2.24, 2.45) is 5.92 Å². The molecule has 1 aromatic carbocycles. The Bertz CT molecular complexity index is 366. The van der Waals surface area contributed by atoms with Gasteiger partial charge in [-0.2, -0.15) is 0 Å². The topological polar surface area (TPSA) is 24.5 Å². The van der Waals surface area contributed by atoms with E-state index in [0.29, 0.717) is 5.92 Å². The lowest BCUT2D eigenvalue weighted by atomic mass is 10.1. The molecular weight excluding hydrogens is 248 g/mol. The molecule has 0 saturated carbocycles. The number of ether oxygens (including phenoxy) is 1. The van der Waals surface area contributed by atoms with Crippen LogP contribution in [0.15, 0.2) is 24.3 Å². The molecule has 0 spiro atoms. The summed E-state index contributed by atoms with van der Waals surface area (Å²) in [4.78, 5) is 2.36. The van der Waals surface area contributed by atoms with Crippen molar-refractivity contribution in [3.63, 3.8) is 0 Å². The highest BCUT2D eigenvalue weighted by Crippen LogP contribution is 2.11. The zero-order chi connectivity index (χ0) is 14.8. The molecule has 1 rings (SSSR count). The van der Waals surface area contributed by atoms with Crippen molar-refractivity contribution < 1.29 is 4.74 Å². The minimum absolute atomic E-state index is 0.693. The SMILES string of the molecule is COCCCN(C)Cc1ccccc1CNCC(C)C. The third-order valence-electron chi connectivity index (χ3n) is 3.31. The predicted octanol–water partition coefficient (Wildman–Crippen LogP) is 2.90. The van der Waals surface area contributed by atoms with Crippen molar-refractivity contribution in [1.29, 1.82) is 0 Å². The molecule has 0 unspecified atom stereocenters. The Morgan fingerprint density at radius 3 is 2.55 bits per heavy atom. The maximum absolute atomic E-state index is 5.10. The van der Waals surface area contributed by atoms with Gasteiger partial charge < -0.3 is 15.0 Å². The van der Waals surface area contributed by atoms with Gasteiger partial charge in [0.15, 0.2) is 0 Å². The van der Waals surface area contributed by atoms with Crippen LogP contribution in [0.4, 0.5) is 0 Å². The first kappa shape index (κ1) is 17.2. The molecule has 1 aromatic rings. The Balaban J connectivity index is 2.47. The highest BCUT2D eigenvalue weighted by Gasteiger charge is 2.05. The minimum Gasteiger partial charge on any atom is -0.385 e. The Morgan fingerprint density at radius 2 is 1.90 bits per heavy atom. The maximum Gasteiger partial charge on any atom is 0.0474 e. The lowest BCUT2D eigenvalue weighted by Crippen LogP contribution is -2.23. The molecule has 0 aliphatic heterocycles. The van der Waals surface area contributed by atoms with E-state index in [2.05, 4.69) is 55.4 Å². The van der Waals surface area contributed by atoms with Gasteiger partial charge in [0.2, 0.25) is 0 Å².